The van der Waals surface area contributed by atoms with Crippen LogP contribution in [0.15, 0.2) is 4.52 Å². The third kappa shape index (κ3) is 2.99. The monoisotopic (exact) mass is 295 g/mol. The first-order valence-electron chi connectivity index (χ1n) is 5.78. The lowest BCUT2D eigenvalue weighted by Gasteiger charge is -1.99. The fourth-order valence-corrected chi connectivity index (χ4v) is 2.32. The van der Waals surface area contributed by atoms with Gasteiger partial charge in [-0.2, -0.15) is 4.98 Å². The van der Waals surface area contributed by atoms with Crippen molar-refractivity contribution in [3.8, 4) is 0 Å². The average molecular weight is 295 g/mol. The molecule has 0 aliphatic heterocycles. The van der Waals surface area contributed by atoms with Gasteiger partial charge in [0.25, 0.3) is 17.6 Å². The van der Waals surface area contributed by atoms with Crippen LogP contribution in [0, 0.1) is 13.8 Å². The lowest BCUT2D eigenvalue weighted by molar-refractivity contribution is 0.0935. The van der Waals surface area contributed by atoms with E-state index >= 15 is 0 Å². The Morgan fingerprint density at radius 1 is 1.25 bits per heavy atom. The van der Waals surface area contributed by atoms with Gasteiger partial charge in [-0.25, -0.2) is 4.98 Å². The van der Waals surface area contributed by atoms with Crippen LogP contribution in [0.4, 0.5) is 0 Å². The van der Waals surface area contributed by atoms with Gasteiger partial charge in [0, 0.05) is 11.9 Å². The highest BCUT2D eigenvalue weighted by atomic mass is 32.1. The third-order valence-electron chi connectivity index (χ3n) is 2.42. The van der Waals surface area contributed by atoms with Crippen LogP contribution in [-0.4, -0.2) is 34.0 Å². The third-order valence-corrected chi connectivity index (χ3v) is 3.30. The summed E-state index contributed by atoms with van der Waals surface area (Å²) < 4.78 is 4.85. The molecule has 20 heavy (non-hydrogen) atoms. The summed E-state index contributed by atoms with van der Waals surface area (Å²) in [6.07, 6.45) is 0. The molecule has 0 atom stereocenters. The smallest absolute Gasteiger partial charge is 0.292 e. The summed E-state index contributed by atoms with van der Waals surface area (Å²) in [5.41, 5.74) is 0.388. The summed E-state index contributed by atoms with van der Waals surface area (Å²) >= 11 is 1.45. The Labute approximate surface area is 118 Å². The van der Waals surface area contributed by atoms with E-state index in [1.54, 1.807) is 0 Å². The van der Waals surface area contributed by atoms with E-state index < -0.39 is 5.91 Å². The number of aromatic nitrogens is 3. The molecule has 0 bridgehead atoms. The molecule has 0 aliphatic rings. The van der Waals surface area contributed by atoms with Crippen LogP contribution in [0.2, 0.25) is 0 Å². The van der Waals surface area contributed by atoms with Crippen LogP contribution >= 0.6 is 11.3 Å². The van der Waals surface area contributed by atoms with Crippen LogP contribution in [0.1, 0.15) is 36.9 Å². The quantitative estimate of drug-likeness (QED) is 0.846. The van der Waals surface area contributed by atoms with Crippen molar-refractivity contribution in [2.75, 3.05) is 7.05 Å². The summed E-state index contributed by atoms with van der Waals surface area (Å²) in [5, 5.41) is 9.32. The SMILES string of the molecule is CNC(=O)c1noc(CNC(=O)c2nc(C)sc2C)n1. The topological polar surface area (TPSA) is 110 Å². The maximum absolute atomic E-state index is 11.9. The average Bonchev–Trinajstić information content (AvgIpc) is 3.01. The minimum Gasteiger partial charge on any atom is -0.352 e. The van der Waals surface area contributed by atoms with Crippen molar-refractivity contribution in [3.05, 3.63) is 27.3 Å². The molecule has 2 amide bonds. The normalized spacial score (nSPS) is 10.3. The summed E-state index contributed by atoms with van der Waals surface area (Å²) in [6.45, 7) is 3.71. The zero-order valence-corrected chi connectivity index (χ0v) is 12.0. The van der Waals surface area contributed by atoms with E-state index in [1.165, 1.54) is 18.4 Å². The van der Waals surface area contributed by atoms with Crippen molar-refractivity contribution in [1.29, 1.82) is 0 Å². The number of carbonyl (C=O) groups is 2. The van der Waals surface area contributed by atoms with E-state index in [0.717, 1.165) is 9.88 Å². The minimum atomic E-state index is -0.447. The lowest BCUT2D eigenvalue weighted by Crippen LogP contribution is -2.24. The van der Waals surface area contributed by atoms with Crippen molar-refractivity contribution < 1.29 is 14.1 Å². The Morgan fingerprint density at radius 3 is 2.60 bits per heavy atom. The van der Waals surface area contributed by atoms with Gasteiger partial charge in [-0.1, -0.05) is 5.16 Å². The maximum Gasteiger partial charge on any atom is 0.292 e. The van der Waals surface area contributed by atoms with Crippen LogP contribution in [0.25, 0.3) is 0 Å². The van der Waals surface area contributed by atoms with Gasteiger partial charge in [0.1, 0.15) is 5.69 Å². The molecule has 8 nitrogen and oxygen atoms in total. The molecule has 0 aliphatic carbocycles. The van der Waals surface area contributed by atoms with Gasteiger partial charge in [0.05, 0.1) is 11.6 Å². The molecule has 2 heterocycles. The molecule has 2 rings (SSSR count). The zero-order chi connectivity index (χ0) is 14.7. The molecule has 2 aromatic heterocycles. The Hall–Kier alpha value is -2.29. The summed E-state index contributed by atoms with van der Waals surface area (Å²) in [4.78, 5) is 32.0. The standard InChI is InChI=1S/C11H13N5O3S/c1-5-8(14-6(2)20-5)10(17)13-4-7-15-9(16-19-7)11(18)12-3/h4H2,1-3H3,(H,12,18)(H,13,17). The fourth-order valence-electron chi connectivity index (χ4n) is 1.51. The van der Waals surface area contributed by atoms with Crippen molar-refractivity contribution >= 4 is 23.2 Å². The molecular weight excluding hydrogens is 282 g/mol. The first-order valence-corrected chi connectivity index (χ1v) is 6.59. The molecule has 2 N–H and O–H groups in total. The Balaban J connectivity index is 1.98. The number of amides is 2. The van der Waals surface area contributed by atoms with Crippen molar-refractivity contribution in [2.45, 2.75) is 20.4 Å². The number of hydrogen-bond donors (Lipinski definition) is 2. The van der Waals surface area contributed by atoms with Crippen LogP contribution in [0.5, 0.6) is 0 Å². The molecule has 0 fully saturated rings. The van der Waals surface area contributed by atoms with Crippen molar-refractivity contribution in [2.24, 2.45) is 0 Å². The van der Waals surface area contributed by atoms with Gasteiger partial charge in [0.2, 0.25) is 5.89 Å². The Bertz CT molecular complexity index is 648. The summed E-state index contributed by atoms with van der Waals surface area (Å²) in [5.74, 6) is -0.678. The van der Waals surface area contributed by atoms with Gasteiger partial charge < -0.3 is 15.2 Å². The molecule has 9 heteroatoms. The highest BCUT2D eigenvalue weighted by molar-refractivity contribution is 7.11. The van der Waals surface area contributed by atoms with Gasteiger partial charge >= 0.3 is 0 Å². The first kappa shape index (κ1) is 14.1. The molecule has 0 spiro atoms. The van der Waals surface area contributed by atoms with E-state index in [9.17, 15) is 9.59 Å². The Morgan fingerprint density at radius 2 is 2.00 bits per heavy atom. The van der Waals surface area contributed by atoms with Gasteiger partial charge in [0.15, 0.2) is 0 Å². The molecule has 0 radical (unpaired) electrons. The number of aryl methyl sites for hydroxylation is 2. The number of rotatable bonds is 4. The van der Waals surface area contributed by atoms with Gasteiger partial charge in [-0.3, -0.25) is 9.59 Å². The van der Waals surface area contributed by atoms with Gasteiger partial charge in [-0.15, -0.1) is 11.3 Å². The van der Waals surface area contributed by atoms with E-state index in [4.69, 9.17) is 4.52 Å². The number of nitrogens with zero attached hydrogens (tertiary/aromatic N) is 3. The summed E-state index contributed by atoms with van der Waals surface area (Å²) in [7, 11) is 1.47. The molecule has 0 aromatic carbocycles. The maximum atomic E-state index is 11.9. The van der Waals surface area contributed by atoms with E-state index in [2.05, 4.69) is 25.8 Å². The number of hydrogen-bond acceptors (Lipinski definition) is 7. The number of nitrogens with one attached hydrogen (secondary N) is 2. The second-order valence-corrected chi connectivity index (χ2v) is 5.32. The van der Waals surface area contributed by atoms with Crippen LogP contribution < -0.4 is 10.6 Å². The predicted molar refractivity (Wildman–Crippen MR) is 70.4 cm³/mol. The zero-order valence-electron chi connectivity index (χ0n) is 11.2. The lowest BCUT2D eigenvalue weighted by atomic mass is 10.3. The van der Waals surface area contributed by atoms with Crippen LogP contribution in [-0.2, 0) is 6.54 Å². The number of carbonyl (C=O) groups excluding carboxylic acids is 2. The van der Waals surface area contributed by atoms with Crippen molar-refractivity contribution in [1.82, 2.24) is 25.8 Å². The van der Waals surface area contributed by atoms with Crippen LogP contribution in [0.3, 0.4) is 0 Å². The molecule has 0 unspecified atom stereocenters. The minimum absolute atomic E-state index is 0.0405. The largest absolute Gasteiger partial charge is 0.352 e. The van der Waals surface area contributed by atoms with E-state index in [1.807, 2.05) is 13.8 Å². The molecule has 106 valence electrons. The molecule has 0 saturated heterocycles. The predicted octanol–water partition coefficient (Wildman–Crippen LogP) is 0.433. The molecule has 2 aromatic rings. The van der Waals surface area contributed by atoms with Gasteiger partial charge in [-0.05, 0) is 13.8 Å². The Kier molecular flexibility index (Phi) is 4.08. The first-order chi connectivity index (χ1) is 9.51. The summed E-state index contributed by atoms with van der Waals surface area (Å²) in [6, 6.07) is 0. The second kappa shape index (κ2) is 5.78. The van der Waals surface area contributed by atoms with Crippen molar-refractivity contribution in [3.63, 3.8) is 0 Å². The molecular formula is C11H13N5O3S. The highest BCUT2D eigenvalue weighted by Gasteiger charge is 2.16. The fraction of sp³-hybridized carbons (Fsp3) is 0.364. The highest BCUT2D eigenvalue weighted by Crippen LogP contribution is 2.16. The van der Waals surface area contributed by atoms with E-state index in [0.29, 0.717) is 5.69 Å². The van der Waals surface area contributed by atoms with E-state index in [-0.39, 0.29) is 24.2 Å². The second-order valence-electron chi connectivity index (χ2n) is 3.91. The number of thiazole rings is 1. The molecule has 0 saturated carbocycles.